The molecule has 2 rings (SSSR count). The highest BCUT2D eigenvalue weighted by Gasteiger charge is 2.34. The highest BCUT2D eigenvalue weighted by molar-refractivity contribution is 7.88. The molecule has 7 nitrogen and oxygen atoms in total. The van der Waals surface area contributed by atoms with Crippen molar-refractivity contribution < 1.29 is 17.9 Å². The van der Waals surface area contributed by atoms with Crippen LogP contribution in [0.15, 0.2) is 0 Å². The molecule has 2 saturated heterocycles. The first-order chi connectivity index (χ1) is 10.9. The lowest BCUT2D eigenvalue weighted by Gasteiger charge is -2.33. The smallest absolute Gasteiger partial charge is 0.238 e. The molecular weight excluding hydrogens is 318 g/mol. The SMILES string of the molecule is C[C@H](CCN1CCOCC1)NC(=O)[C@@H]1CCCCN1S(C)(=O)=O. The monoisotopic (exact) mass is 347 g/mol. The molecule has 0 saturated carbocycles. The van der Waals surface area contributed by atoms with E-state index < -0.39 is 16.1 Å². The predicted octanol–water partition coefficient (Wildman–Crippen LogP) is 0.0275. The second-order valence-corrected chi connectivity index (χ2v) is 8.47. The van der Waals surface area contributed by atoms with E-state index in [1.165, 1.54) is 10.6 Å². The Morgan fingerprint density at radius 2 is 1.96 bits per heavy atom. The number of hydrogen-bond acceptors (Lipinski definition) is 5. The van der Waals surface area contributed by atoms with Crippen LogP contribution in [0.3, 0.4) is 0 Å². The van der Waals surface area contributed by atoms with Gasteiger partial charge in [-0.05, 0) is 26.2 Å². The lowest BCUT2D eigenvalue weighted by atomic mass is 10.0. The third-order valence-electron chi connectivity index (χ3n) is 4.55. The van der Waals surface area contributed by atoms with E-state index in [0.717, 1.165) is 52.1 Å². The number of carbonyl (C=O) groups is 1. The maximum atomic E-state index is 12.5. The van der Waals surface area contributed by atoms with Crippen molar-refractivity contribution in [3.05, 3.63) is 0 Å². The Labute approximate surface area is 139 Å². The minimum atomic E-state index is -3.33. The summed E-state index contributed by atoms with van der Waals surface area (Å²) < 4.78 is 30.4. The molecule has 0 aromatic carbocycles. The van der Waals surface area contributed by atoms with Crippen molar-refractivity contribution in [3.8, 4) is 0 Å². The van der Waals surface area contributed by atoms with Crippen LogP contribution in [0.25, 0.3) is 0 Å². The summed E-state index contributed by atoms with van der Waals surface area (Å²) in [6.07, 6.45) is 4.36. The number of nitrogens with zero attached hydrogens (tertiary/aromatic N) is 2. The van der Waals surface area contributed by atoms with E-state index in [9.17, 15) is 13.2 Å². The quantitative estimate of drug-likeness (QED) is 0.733. The fourth-order valence-corrected chi connectivity index (χ4v) is 4.30. The zero-order chi connectivity index (χ0) is 16.9. The van der Waals surface area contributed by atoms with Gasteiger partial charge >= 0.3 is 0 Å². The van der Waals surface area contributed by atoms with Crippen molar-refractivity contribution in [2.24, 2.45) is 0 Å². The molecule has 2 atom stereocenters. The van der Waals surface area contributed by atoms with E-state index in [1.807, 2.05) is 6.92 Å². The molecule has 1 amide bonds. The van der Waals surface area contributed by atoms with E-state index in [2.05, 4.69) is 10.2 Å². The maximum Gasteiger partial charge on any atom is 0.238 e. The zero-order valence-corrected chi connectivity index (χ0v) is 15.0. The van der Waals surface area contributed by atoms with Gasteiger partial charge in [0.1, 0.15) is 6.04 Å². The Hall–Kier alpha value is -0.700. The van der Waals surface area contributed by atoms with Crippen LogP contribution in [0.4, 0.5) is 0 Å². The summed E-state index contributed by atoms with van der Waals surface area (Å²) in [7, 11) is -3.33. The van der Waals surface area contributed by atoms with Crippen molar-refractivity contribution in [2.75, 3.05) is 45.6 Å². The molecule has 0 radical (unpaired) electrons. The number of sulfonamides is 1. The second kappa shape index (κ2) is 8.41. The molecule has 0 bridgehead atoms. The van der Waals surface area contributed by atoms with Crippen molar-refractivity contribution in [1.82, 2.24) is 14.5 Å². The van der Waals surface area contributed by atoms with Crippen LogP contribution in [-0.2, 0) is 19.6 Å². The van der Waals surface area contributed by atoms with Gasteiger partial charge in [-0.25, -0.2) is 8.42 Å². The van der Waals surface area contributed by atoms with Gasteiger partial charge in [-0.1, -0.05) is 6.42 Å². The molecule has 2 heterocycles. The molecule has 0 aromatic heterocycles. The summed E-state index contributed by atoms with van der Waals surface area (Å²) in [5.41, 5.74) is 0. The van der Waals surface area contributed by atoms with Gasteiger partial charge in [-0.15, -0.1) is 0 Å². The molecule has 0 spiro atoms. The van der Waals surface area contributed by atoms with E-state index >= 15 is 0 Å². The number of carbonyl (C=O) groups excluding carboxylic acids is 1. The highest BCUT2D eigenvalue weighted by atomic mass is 32.2. The molecule has 2 aliphatic heterocycles. The Balaban J connectivity index is 1.81. The van der Waals surface area contributed by atoms with E-state index in [4.69, 9.17) is 4.74 Å². The Morgan fingerprint density at radius 3 is 2.61 bits per heavy atom. The van der Waals surface area contributed by atoms with Crippen molar-refractivity contribution in [1.29, 1.82) is 0 Å². The molecule has 134 valence electrons. The minimum absolute atomic E-state index is 0.0358. The predicted molar refractivity (Wildman–Crippen MR) is 88.7 cm³/mol. The van der Waals surface area contributed by atoms with Crippen LogP contribution < -0.4 is 5.32 Å². The van der Waals surface area contributed by atoms with Crippen LogP contribution in [0.1, 0.15) is 32.6 Å². The van der Waals surface area contributed by atoms with Gasteiger partial charge in [0.05, 0.1) is 19.5 Å². The number of nitrogens with one attached hydrogen (secondary N) is 1. The molecule has 2 fully saturated rings. The second-order valence-electron chi connectivity index (χ2n) is 6.54. The summed E-state index contributed by atoms with van der Waals surface area (Å²) in [4.78, 5) is 14.8. The number of rotatable bonds is 6. The zero-order valence-electron chi connectivity index (χ0n) is 14.2. The molecule has 8 heteroatoms. The fraction of sp³-hybridized carbons (Fsp3) is 0.933. The normalized spacial score (nSPS) is 25.9. The topological polar surface area (TPSA) is 79.0 Å². The van der Waals surface area contributed by atoms with Crippen LogP contribution in [0, 0.1) is 0 Å². The molecule has 0 unspecified atom stereocenters. The summed E-state index contributed by atoms with van der Waals surface area (Å²) in [5, 5.41) is 2.99. The molecule has 0 aromatic rings. The van der Waals surface area contributed by atoms with Crippen molar-refractivity contribution >= 4 is 15.9 Å². The van der Waals surface area contributed by atoms with Gasteiger partial charge in [0.15, 0.2) is 0 Å². The van der Waals surface area contributed by atoms with E-state index in [-0.39, 0.29) is 11.9 Å². The number of hydrogen-bond donors (Lipinski definition) is 1. The molecule has 23 heavy (non-hydrogen) atoms. The standard InChI is InChI=1S/C15H29N3O4S/c1-13(6-8-17-9-11-22-12-10-17)16-15(19)14-5-3-4-7-18(14)23(2,20)21/h13-14H,3-12H2,1-2H3,(H,16,19)/t13-,14+/m1/s1. The Kier molecular flexibility index (Phi) is 6.82. The number of piperidine rings is 1. The summed E-state index contributed by atoms with van der Waals surface area (Å²) in [5.74, 6) is -0.162. The number of morpholine rings is 1. The summed E-state index contributed by atoms with van der Waals surface area (Å²) >= 11 is 0. The third kappa shape index (κ3) is 5.70. The largest absolute Gasteiger partial charge is 0.379 e. The first kappa shape index (κ1) is 18.6. The summed E-state index contributed by atoms with van der Waals surface area (Å²) in [6, 6.07) is -0.515. The molecule has 1 N–H and O–H groups in total. The van der Waals surface area contributed by atoms with E-state index in [0.29, 0.717) is 13.0 Å². The number of ether oxygens (including phenoxy) is 1. The van der Waals surface area contributed by atoms with Gasteiger partial charge in [-0.3, -0.25) is 9.69 Å². The van der Waals surface area contributed by atoms with Gasteiger partial charge in [0.25, 0.3) is 0 Å². The van der Waals surface area contributed by atoms with Crippen molar-refractivity contribution in [3.63, 3.8) is 0 Å². The summed E-state index contributed by atoms with van der Waals surface area (Å²) in [6.45, 7) is 6.75. The van der Waals surface area contributed by atoms with Crippen LogP contribution in [0.2, 0.25) is 0 Å². The van der Waals surface area contributed by atoms with Gasteiger partial charge in [-0.2, -0.15) is 4.31 Å². The average Bonchev–Trinajstić information content (AvgIpc) is 2.53. The highest BCUT2D eigenvalue weighted by Crippen LogP contribution is 2.20. The maximum absolute atomic E-state index is 12.5. The van der Waals surface area contributed by atoms with Gasteiger partial charge in [0, 0.05) is 32.2 Å². The third-order valence-corrected chi connectivity index (χ3v) is 5.84. The lowest BCUT2D eigenvalue weighted by Crippen LogP contribution is -2.53. The minimum Gasteiger partial charge on any atom is -0.379 e. The first-order valence-electron chi connectivity index (χ1n) is 8.45. The fourth-order valence-electron chi connectivity index (χ4n) is 3.18. The van der Waals surface area contributed by atoms with Crippen LogP contribution in [0.5, 0.6) is 0 Å². The van der Waals surface area contributed by atoms with Gasteiger partial charge < -0.3 is 10.1 Å². The molecule has 2 aliphatic rings. The number of amides is 1. The average molecular weight is 347 g/mol. The molecule has 0 aliphatic carbocycles. The van der Waals surface area contributed by atoms with Crippen LogP contribution in [-0.4, -0.2) is 81.3 Å². The Bertz CT molecular complexity index is 491. The van der Waals surface area contributed by atoms with Crippen LogP contribution >= 0.6 is 0 Å². The lowest BCUT2D eigenvalue weighted by molar-refractivity contribution is -0.126. The Morgan fingerprint density at radius 1 is 1.26 bits per heavy atom. The van der Waals surface area contributed by atoms with Gasteiger partial charge in [0.2, 0.25) is 15.9 Å². The molecular formula is C15H29N3O4S. The van der Waals surface area contributed by atoms with E-state index in [1.54, 1.807) is 0 Å². The first-order valence-corrected chi connectivity index (χ1v) is 10.3. The van der Waals surface area contributed by atoms with Crippen molar-refractivity contribution in [2.45, 2.75) is 44.7 Å².